The molecule has 3 nitrogen and oxygen atoms in total. The van der Waals surface area contributed by atoms with Crippen LogP contribution in [0.5, 0.6) is 0 Å². The summed E-state index contributed by atoms with van der Waals surface area (Å²) < 4.78 is 39.6. The van der Waals surface area contributed by atoms with Crippen LogP contribution in [0.2, 0.25) is 0 Å². The van der Waals surface area contributed by atoms with E-state index in [1.807, 2.05) is 49.4 Å². The lowest BCUT2D eigenvalue weighted by atomic mass is 10.1. The number of aryl methyl sites for hydroxylation is 1. The van der Waals surface area contributed by atoms with Crippen LogP contribution in [0.3, 0.4) is 0 Å². The Kier molecular flexibility index (Phi) is 5.21. The fourth-order valence-electron chi connectivity index (χ4n) is 2.51. The third-order valence-electron chi connectivity index (χ3n) is 3.90. The third kappa shape index (κ3) is 4.59. The molecule has 26 heavy (non-hydrogen) atoms. The topological polar surface area (TPSA) is 37.8 Å². The molecule has 6 heteroatoms. The molecule has 0 radical (unpaired) electrons. The number of nitrogens with one attached hydrogen (secondary N) is 1. The first-order valence-corrected chi connectivity index (χ1v) is 8.23. The molecule has 0 fully saturated rings. The average molecular weight is 357 g/mol. The van der Waals surface area contributed by atoms with Crippen molar-refractivity contribution >= 4 is 5.95 Å². The van der Waals surface area contributed by atoms with E-state index in [1.165, 1.54) is 0 Å². The van der Waals surface area contributed by atoms with Crippen LogP contribution in [-0.2, 0) is 12.6 Å². The van der Waals surface area contributed by atoms with Crippen LogP contribution in [0.25, 0.3) is 11.3 Å². The largest absolute Gasteiger partial charge is 0.433 e. The maximum Gasteiger partial charge on any atom is 0.433 e. The number of aromatic nitrogens is 2. The second-order valence-electron chi connectivity index (χ2n) is 5.99. The lowest BCUT2D eigenvalue weighted by Gasteiger charge is -2.12. The van der Waals surface area contributed by atoms with E-state index in [9.17, 15) is 13.2 Å². The number of alkyl halides is 3. The minimum absolute atomic E-state index is 0.0219. The van der Waals surface area contributed by atoms with E-state index in [1.54, 1.807) is 12.1 Å². The van der Waals surface area contributed by atoms with Gasteiger partial charge in [-0.15, -0.1) is 0 Å². The maximum atomic E-state index is 13.2. The lowest BCUT2D eigenvalue weighted by molar-refractivity contribution is -0.141. The first-order chi connectivity index (χ1) is 12.4. The van der Waals surface area contributed by atoms with Gasteiger partial charge in [-0.25, -0.2) is 9.97 Å². The monoisotopic (exact) mass is 357 g/mol. The van der Waals surface area contributed by atoms with Crippen molar-refractivity contribution in [2.45, 2.75) is 19.5 Å². The SMILES string of the molecule is Cc1ccc(-c2cc(C(F)(F)F)nc(NCCc3ccccc3)n2)cc1. The molecule has 0 bridgehead atoms. The standard InChI is InChI=1S/C20H18F3N3/c1-14-7-9-16(10-8-14)17-13-18(20(21,22)23)26-19(25-17)24-12-11-15-5-3-2-4-6-15/h2-10,13H,11-12H2,1H3,(H,24,25,26). The van der Waals surface area contributed by atoms with Gasteiger partial charge >= 0.3 is 6.18 Å². The molecule has 3 aromatic rings. The molecule has 2 aromatic carbocycles. The molecule has 0 aliphatic rings. The van der Waals surface area contributed by atoms with Crippen LogP contribution in [0.4, 0.5) is 19.1 Å². The number of hydrogen-bond donors (Lipinski definition) is 1. The van der Waals surface area contributed by atoms with Gasteiger partial charge in [0.1, 0.15) is 0 Å². The minimum atomic E-state index is -4.53. The number of benzene rings is 2. The third-order valence-corrected chi connectivity index (χ3v) is 3.90. The highest BCUT2D eigenvalue weighted by Crippen LogP contribution is 2.31. The van der Waals surface area contributed by atoms with Crippen LogP contribution in [0.1, 0.15) is 16.8 Å². The fourth-order valence-corrected chi connectivity index (χ4v) is 2.51. The van der Waals surface area contributed by atoms with Crippen LogP contribution in [0.15, 0.2) is 60.7 Å². The quantitative estimate of drug-likeness (QED) is 0.688. The van der Waals surface area contributed by atoms with Crippen LogP contribution >= 0.6 is 0 Å². The molecule has 0 amide bonds. The predicted molar refractivity (Wildman–Crippen MR) is 95.8 cm³/mol. The second-order valence-corrected chi connectivity index (χ2v) is 5.99. The van der Waals surface area contributed by atoms with Gasteiger partial charge in [-0.3, -0.25) is 0 Å². The molecule has 0 saturated heterocycles. The number of nitrogens with zero attached hydrogens (tertiary/aromatic N) is 2. The Morgan fingerprint density at radius 3 is 2.27 bits per heavy atom. The van der Waals surface area contributed by atoms with Gasteiger partial charge in [0.25, 0.3) is 0 Å². The van der Waals surface area contributed by atoms with Crippen molar-refractivity contribution in [3.05, 3.63) is 77.5 Å². The van der Waals surface area contributed by atoms with Crippen LogP contribution in [0, 0.1) is 6.92 Å². The maximum absolute atomic E-state index is 13.2. The summed E-state index contributed by atoms with van der Waals surface area (Å²) in [7, 11) is 0. The van der Waals surface area contributed by atoms with Crippen LogP contribution < -0.4 is 5.32 Å². The Balaban J connectivity index is 1.84. The van der Waals surface area contributed by atoms with Gasteiger partial charge in [0.05, 0.1) is 5.69 Å². The van der Waals surface area contributed by atoms with E-state index in [4.69, 9.17) is 0 Å². The molecule has 0 aliphatic heterocycles. The Morgan fingerprint density at radius 1 is 0.923 bits per heavy atom. The molecule has 0 saturated carbocycles. The second kappa shape index (κ2) is 7.56. The summed E-state index contributed by atoms with van der Waals surface area (Å²) in [5.41, 5.74) is 2.03. The Morgan fingerprint density at radius 2 is 1.62 bits per heavy atom. The minimum Gasteiger partial charge on any atom is -0.354 e. The first-order valence-electron chi connectivity index (χ1n) is 8.23. The molecule has 1 aromatic heterocycles. The zero-order chi connectivity index (χ0) is 18.6. The first kappa shape index (κ1) is 17.9. The van der Waals surface area contributed by atoms with Crippen molar-refractivity contribution in [2.75, 3.05) is 11.9 Å². The van der Waals surface area contributed by atoms with Gasteiger partial charge in [-0.2, -0.15) is 13.2 Å². The van der Waals surface area contributed by atoms with Gasteiger partial charge in [0.2, 0.25) is 5.95 Å². The van der Waals surface area contributed by atoms with Crippen molar-refractivity contribution < 1.29 is 13.2 Å². The highest BCUT2D eigenvalue weighted by atomic mass is 19.4. The molecule has 1 N–H and O–H groups in total. The van der Waals surface area contributed by atoms with Crippen molar-refractivity contribution in [1.82, 2.24) is 9.97 Å². The van der Waals surface area contributed by atoms with Gasteiger partial charge in [0.15, 0.2) is 5.69 Å². The molecule has 1 heterocycles. The molecule has 0 unspecified atom stereocenters. The highest BCUT2D eigenvalue weighted by Gasteiger charge is 2.33. The number of halogens is 3. The zero-order valence-corrected chi connectivity index (χ0v) is 14.2. The van der Waals surface area contributed by atoms with E-state index >= 15 is 0 Å². The van der Waals surface area contributed by atoms with Gasteiger partial charge < -0.3 is 5.32 Å². The molecule has 0 atom stereocenters. The van der Waals surface area contributed by atoms with E-state index in [0.29, 0.717) is 18.5 Å². The van der Waals surface area contributed by atoms with Gasteiger partial charge in [0, 0.05) is 12.1 Å². The molecule has 3 rings (SSSR count). The van der Waals surface area contributed by atoms with E-state index in [0.717, 1.165) is 17.2 Å². The van der Waals surface area contributed by atoms with Crippen molar-refractivity contribution in [2.24, 2.45) is 0 Å². The summed E-state index contributed by atoms with van der Waals surface area (Å²) in [5, 5.41) is 2.90. The lowest BCUT2D eigenvalue weighted by Crippen LogP contribution is -2.14. The zero-order valence-electron chi connectivity index (χ0n) is 14.2. The average Bonchev–Trinajstić information content (AvgIpc) is 2.62. The summed E-state index contributed by atoms with van der Waals surface area (Å²) in [6.45, 7) is 2.36. The summed E-state index contributed by atoms with van der Waals surface area (Å²) in [4.78, 5) is 7.89. The number of rotatable bonds is 5. The molecular weight excluding hydrogens is 339 g/mol. The van der Waals surface area contributed by atoms with Crippen molar-refractivity contribution in [3.8, 4) is 11.3 Å². The highest BCUT2D eigenvalue weighted by molar-refractivity contribution is 5.61. The Bertz CT molecular complexity index is 860. The normalized spacial score (nSPS) is 11.4. The van der Waals surface area contributed by atoms with E-state index < -0.39 is 11.9 Å². The van der Waals surface area contributed by atoms with E-state index in [-0.39, 0.29) is 11.6 Å². The summed E-state index contributed by atoms with van der Waals surface area (Å²) in [6, 6.07) is 17.9. The summed E-state index contributed by atoms with van der Waals surface area (Å²) >= 11 is 0. The Hall–Kier alpha value is -2.89. The number of hydrogen-bond acceptors (Lipinski definition) is 3. The van der Waals surface area contributed by atoms with Gasteiger partial charge in [-0.05, 0) is 25.0 Å². The summed E-state index contributed by atoms with van der Waals surface area (Å²) in [6.07, 6.45) is -3.86. The smallest absolute Gasteiger partial charge is 0.354 e. The van der Waals surface area contributed by atoms with E-state index in [2.05, 4.69) is 15.3 Å². The summed E-state index contributed by atoms with van der Waals surface area (Å²) in [5.74, 6) is -0.0219. The molecular formula is C20H18F3N3. The van der Waals surface area contributed by atoms with Crippen molar-refractivity contribution in [1.29, 1.82) is 0 Å². The fraction of sp³-hybridized carbons (Fsp3) is 0.200. The van der Waals surface area contributed by atoms with Crippen molar-refractivity contribution in [3.63, 3.8) is 0 Å². The Labute approximate surface area is 149 Å². The van der Waals surface area contributed by atoms with Gasteiger partial charge in [-0.1, -0.05) is 60.2 Å². The molecule has 0 aliphatic carbocycles. The number of anilines is 1. The molecule has 134 valence electrons. The molecule has 0 spiro atoms. The predicted octanol–water partition coefficient (Wildman–Crippen LogP) is 5.13. The van der Waals surface area contributed by atoms with Crippen LogP contribution in [-0.4, -0.2) is 16.5 Å².